The summed E-state index contributed by atoms with van der Waals surface area (Å²) < 4.78 is 5.21. The average Bonchev–Trinajstić information content (AvgIpc) is 3.09. The van der Waals surface area contributed by atoms with E-state index in [2.05, 4.69) is 24.1 Å². The number of hydrogen-bond donors (Lipinski definition) is 1. The Labute approximate surface area is 163 Å². The summed E-state index contributed by atoms with van der Waals surface area (Å²) in [5, 5.41) is 3.27. The van der Waals surface area contributed by atoms with Gasteiger partial charge in [0, 0.05) is 27.2 Å². The Hall–Kier alpha value is -2.24. The highest BCUT2D eigenvalue weighted by Crippen LogP contribution is 2.23. The van der Waals surface area contributed by atoms with Gasteiger partial charge in [0.25, 0.3) is 0 Å². The van der Waals surface area contributed by atoms with Crippen LogP contribution in [0.2, 0.25) is 0 Å². The number of nitrogens with zero attached hydrogens (tertiary/aromatic N) is 3. The second-order valence-corrected chi connectivity index (χ2v) is 7.86. The highest BCUT2D eigenvalue weighted by Gasteiger charge is 2.25. The van der Waals surface area contributed by atoms with E-state index in [9.17, 15) is 4.79 Å². The number of amides is 1. The summed E-state index contributed by atoms with van der Waals surface area (Å²) in [5.74, 6) is 3.12. The largest absolute Gasteiger partial charge is 0.497 e. The van der Waals surface area contributed by atoms with Gasteiger partial charge in [-0.25, -0.2) is 4.99 Å². The summed E-state index contributed by atoms with van der Waals surface area (Å²) in [7, 11) is 5.21. The van der Waals surface area contributed by atoms with Crippen LogP contribution in [0.4, 0.5) is 0 Å². The first kappa shape index (κ1) is 21.1. The molecule has 0 saturated carbocycles. The molecule has 0 bridgehead atoms. The van der Waals surface area contributed by atoms with Gasteiger partial charge in [-0.2, -0.15) is 0 Å². The molecule has 0 radical (unpaired) electrons. The van der Waals surface area contributed by atoms with Crippen molar-refractivity contribution in [2.24, 2.45) is 16.8 Å². The SMILES string of the molecule is COc1ccc(CN=C(NCC(=O)N(C)C)N2CCC(CC(C)C)C2)cc1. The van der Waals surface area contributed by atoms with E-state index in [4.69, 9.17) is 9.73 Å². The highest BCUT2D eigenvalue weighted by molar-refractivity contribution is 5.86. The van der Waals surface area contributed by atoms with E-state index in [-0.39, 0.29) is 12.5 Å². The Bertz CT molecular complexity index is 626. The van der Waals surface area contributed by atoms with Gasteiger partial charge in [0.2, 0.25) is 5.91 Å². The number of aliphatic imine (C=N–C) groups is 1. The highest BCUT2D eigenvalue weighted by atomic mass is 16.5. The van der Waals surface area contributed by atoms with Crippen LogP contribution in [0.15, 0.2) is 29.3 Å². The smallest absolute Gasteiger partial charge is 0.241 e. The van der Waals surface area contributed by atoms with Gasteiger partial charge >= 0.3 is 0 Å². The van der Waals surface area contributed by atoms with Crippen molar-refractivity contribution in [1.82, 2.24) is 15.1 Å². The molecule has 1 aliphatic rings. The fraction of sp³-hybridized carbons (Fsp3) is 0.619. The number of likely N-dealkylation sites (N-methyl/N-ethyl adjacent to an activating group) is 1. The number of benzene rings is 1. The van der Waals surface area contributed by atoms with Crippen LogP contribution in [-0.2, 0) is 11.3 Å². The number of methoxy groups -OCH3 is 1. The van der Waals surface area contributed by atoms with Crippen LogP contribution in [0.25, 0.3) is 0 Å². The Kier molecular flexibility index (Phi) is 7.95. The maximum atomic E-state index is 12.0. The number of rotatable bonds is 7. The van der Waals surface area contributed by atoms with E-state index in [1.807, 2.05) is 24.3 Å². The molecular weight excluding hydrogens is 340 g/mol. The fourth-order valence-electron chi connectivity index (χ4n) is 3.36. The van der Waals surface area contributed by atoms with Crippen molar-refractivity contribution in [1.29, 1.82) is 0 Å². The number of likely N-dealkylation sites (tertiary alicyclic amines) is 1. The van der Waals surface area contributed by atoms with Gasteiger partial charge in [-0.05, 0) is 42.4 Å². The van der Waals surface area contributed by atoms with Crippen LogP contribution >= 0.6 is 0 Å². The zero-order valence-electron chi connectivity index (χ0n) is 17.4. The molecular formula is C21H34N4O2. The predicted molar refractivity (Wildman–Crippen MR) is 110 cm³/mol. The van der Waals surface area contributed by atoms with Crippen LogP contribution in [0.1, 0.15) is 32.3 Å². The standard InChI is InChI=1S/C21H34N4O2/c1-16(2)12-18-10-11-25(15-18)21(23-14-20(26)24(3)4)22-13-17-6-8-19(27-5)9-7-17/h6-9,16,18H,10-15H2,1-5H3,(H,22,23). The lowest BCUT2D eigenvalue weighted by Gasteiger charge is -2.23. The summed E-state index contributed by atoms with van der Waals surface area (Å²) in [6.45, 7) is 7.38. The number of guanidine groups is 1. The van der Waals surface area contributed by atoms with Gasteiger partial charge in [-0.1, -0.05) is 26.0 Å². The van der Waals surface area contributed by atoms with Gasteiger partial charge < -0.3 is 19.9 Å². The molecule has 1 saturated heterocycles. The zero-order valence-corrected chi connectivity index (χ0v) is 17.4. The van der Waals surface area contributed by atoms with Crippen LogP contribution in [0, 0.1) is 11.8 Å². The summed E-state index contributed by atoms with van der Waals surface area (Å²) in [6, 6.07) is 7.94. The second kappa shape index (κ2) is 10.2. The van der Waals surface area contributed by atoms with Crippen LogP contribution in [0.3, 0.4) is 0 Å². The van der Waals surface area contributed by atoms with E-state index >= 15 is 0 Å². The van der Waals surface area contributed by atoms with E-state index < -0.39 is 0 Å². The van der Waals surface area contributed by atoms with Crippen molar-refractivity contribution < 1.29 is 9.53 Å². The molecule has 1 aromatic carbocycles. The molecule has 150 valence electrons. The minimum atomic E-state index is 0.0464. The molecule has 1 N–H and O–H groups in total. The van der Waals surface area contributed by atoms with E-state index in [0.29, 0.717) is 18.4 Å². The Morgan fingerprint density at radius 3 is 2.63 bits per heavy atom. The molecule has 1 fully saturated rings. The molecule has 1 aromatic rings. The quantitative estimate of drug-likeness (QED) is 0.589. The summed E-state index contributed by atoms with van der Waals surface area (Å²) in [5.41, 5.74) is 1.12. The first-order valence-corrected chi connectivity index (χ1v) is 9.75. The van der Waals surface area contributed by atoms with E-state index in [1.54, 1.807) is 26.1 Å². The third-order valence-corrected chi connectivity index (χ3v) is 4.86. The minimum Gasteiger partial charge on any atom is -0.497 e. The van der Waals surface area contributed by atoms with Crippen molar-refractivity contribution in [2.45, 2.75) is 33.2 Å². The molecule has 2 rings (SSSR count). The third kappa shape index (κ3) is 6.77. The zero-order chi connectivity index (χ0) is 19.8. The number of ether oxygens (including phenoxy) is 1. The maximum Gasteiger partial charge on any atom is 0.241 e. The molecule has 1 heterocycles. The van der Waals surface area contributed by atoms with Gasteiger partial charge in [0.1, 0.15) is 5.75 Å². The molecule has 6 heteroatoms. The number of hydrogen-bond acceptors (Lipinski definition) is 3. The van der Waals surface area contributed by atoms with Crippen molar-refractivity contribution in [3.8, 4) is 5.75 Å². The molecule has 0 aliphatic carbocycles. The van der Waals surface area contributed by atoms with E-state index in [1.165, 1.54) is 12.8 Å². The normalized spacial score (nSPS) is 17.3. The topological polar surface area (TPSA) is 57.2 Å². The van der Waals surface area contributed by atoms with Crippen molar-refractivity contribution >= 4 is 11.9 Å². The van der Waals surface area contributed by atoms with Gasteiger partial charge in [0.15, 0.2) is 5.96 Å². The predicted octanol–water partition coefficient (Wildman–Crippen LogP) is 2.60. The Balaban J connectivity index is 2.05. The molecule has 0 spiro atoms. The molecule has 1 atom stereocenters. The Morgan fingerprint density at radius 2 is 2.04 bits per heavy atom. The molecule has 6 nitrogen and oxygen atoms in total. The molecule has 1 aliphatic heterocycles. The van der Waals surface area contributed by atoms with Crippen molar-refractivity contribution in [3.63, 3.8) is 0 Å². The summed E-state index contributed by atoms with van der Waals surface area (Å²) in [6.07, 6.45) is 2.42. The second-order valence-electron chi connectivity index (χ2n) is 7.86. The van der Waals surface area contributed by atoms with Crippen LogP contribution in [-0.4, -0.2) is 62.5 Å². The van der Waals surface area contributed by atoms with Crippen LogP contribution in [0.5, 0.6) is 5.75 Å². The fourth-order valence-corrected chi connectivity index (χ4v) is 3.36. The number of nitrogens with one attached hydrogen (secondary N) is 1. The van der Waals surface area contributed by atoms with Crippen LogP contribution < -0.4 is 10.1 Å². The first-order valence-electron chi connectivity index (χ1n) is 9.75. The molecule has 0 aromatic heterocycles. The van der Waals surface area contributed by atoms with Gasteiger partial charge in [0.05, 0.1) is 20.2 Å². The molecule has 27 heavy (non-hydrogen) atoms. The lowest BCUT2D eigenvalue weighted by Crippen LogP contribution is -2.44. The maximum absolute atomic E-state index is 12.0. The summed E-state index contributed by atoms with van der Waals surface area (Å²) >= 11 is 0. The minimum absolute atomic E-state index is 0.0464. The van der Waals surface area contributed by atoms with Crippen molar-refractivity contribution in [2.75, 3.05) is 40.8 Å². The average molecular weight is 375 g/mol. The third-order valence-electron chi connectivity index (χ3n) is 4.86. The van der Waals surface area contributed by atoms with E-state index in [0.717, 1.165) is 30.4 Å². The van der Waals surface area contributed by atoms with Crippen molar-refractivity contribution in [3.05, 3.63) is 29.8 Å². The number of carbonyl (C=O) groups excluding carboxylic acids is 1. The first-order chi connectivity index (χ1) is 12.9. The number of carbonyl (C=O) groups is 1. The molecule has 1 unspecified atom stereocenters. The summed E-state index contributed by atoms with van der Waals surface area (Å²) in [4.78, 5) is 20.7. The molecule has 1 amide bonds. The van der Waals surface area contributed by atoms with Gasteiger partial charge in [-0.3, -0.25) is 4.79 Å². The van der Waals surface area contributed by atoms with Gasteiger partial charge in [-0.15, -0.1) is 0 Å². The lowest BCUT2D eigenvalue weighted by molar-refractivity contribution is -0.127. The Morgan fingerprint density at radius 1 is 1.33 bits per heavy atom. The lowest BCUT2D eigenvalue weighted by atomic mass is 9.97. The monoisotopic (exact) mass is 374 g/mol.